The number of fused-ring (bicyclic) bond motifs is 1. The Labute approximate surface area is 146 Å². The van der Waals surface area contributed by atoms with Crippen molar-refractivity contribution in [2.24, 2.45) is 5.16 Å². The largest absolute Gasteiger partial charge is 0.486 e. The van der Waals surface area contributed by atoms with Crippen LogP contribution in [0.15, 0.2) is 47.6 Å². The minimum absolute atomic E-state index is 0.293. The first-order valence-electron chi connectivity index (χ1n) is 8.09. The van der Waals surface area contributed by atoms with E-state index in [2.05, 4.69) is 10.5 Å². The molecule has 6 nitrogen and oxygen atoms in total. The Morgan fingerprint density at radius 1 is 1.20 bits per heavy atom. The second-order valence-corrected chi connectivity index (χ2v) is 5.69. The smallest absolute Gasteiger partial charge is 0.267 e. The molecule has 3 rings (SSSR count). The summed E-state index contributed by atoms with van der Waals surface area (Å²) in [4.78, 5) is 17.5. The van der Waals surface area contributed by atoms with Gasteiger partial charge in [0.1, 0.15) is 13.2 Å². The number of ether oxygens (including phenoxy) is 2. The molecule has 1 N–H and O–H groups in total. The number of carbonyl (C=O) groups is 1. The Hall–Kier alpha value is -3.02. The van der Waals surface area contributed by atoms with E-state index in [0.29, 0.717) is 30.4 Å². The Kier molecular flexibility index (Phi) is 5.18. The third kappa shape index (κ3) is 4.29. The molecule has 0 aliphatic carbocycles. The van der Waals surface area contributed by atoms with Crippen molar-refractivity contribution in [3.05, 3.63) is 53.6 Å². The van der Waals surface area contributed by atoms with Gasteiger partial charge in [-0.2, -0.15) is 0 Å². The second kappa shape index (κ2) is 7.70. The molecule has 1 aliphatic heterocycles. The van der Waals surface area contributed by atoms with Gasteiger partial charge in [-0.15, -0.1) is 0 Å². The number of oxime groups is 1. The number of hydrogen-bond donors (Lipinski definition) is 1. The predicted molar refractivity (Wildman–Crippen MR) is 95.4 cm³/mol. The van der Waals surface area contributed by atoms with E-state index in [1.165, 1.54) is 0 Å². The fourth-order valence-electron chi connectivity index (χ4n) is 2.32. The van der Waals surface area contributed by atoms with Crippen LogP contribution in [0.4, 0.5) is 5.69 Å². The van der Waals surface area contributed by atoms with Crippen LogP contribution in [-0.4, -0.2) is 31.4 Å². The third-order valence-electron chi connectivity index (χ3n) is 3.78. The number of nitrogens with zero attached hydrogens (tertiary/aromatic N) is 1. The molecular formula is C19H20N2O4. The number of anilines is 1. The molecule has 130 valence electrons. The van der Waals surface area contributed by atoms with Crippen molar-refractivity contribution in [3.63, 3.8) is 0 Å². The highest BCUT2D eigenvalue weighted by Crippen LogP contribution is 2.32. The number of benzene rings is 2. The van der Waals surface area contributed by atoms with E-state index in [-0.39, 0.29) is 5.91 Å². The number of amides is 1. The fraction of sp³-hybridized carbons (Fsp3) is 0.263. The molecule has 0 radical (unpaired) electrons. The van der Waals surface area contributed by atoms with E-state index >= 15 is 0 Å². The quantitative estimate of drug-likeness (QED) is 0.671. The maximum Gasteiger partial charge on any atom is 0.267 e. The van der Waals surface area contributed by atoms with Crippen LogP contribution >= 0.6 is 0 Å². The molecule has 0 aromatic heterocycles. The van der Waals surface area contributed by atoms with Crippen LogP contribution in [0.25, 0.3) is 0 Å². The maximum absolute atomic E-state index is 12.2. The lowest BCUT2D eigenvalue weighted by Crippen LogP contribution is -2.26. The lowest BCUT2D eigenvalue weighted by molar-refractivity contribution is -0.126. The van der Waals surface area contributed by atoms with Crippen molar-refractivity contribution >= 4 is 17.8 Å². The minimum Gasteiger partial charge on any atom is -0.486 e. The molecule has 2 aromatic carbocycles. The van der Waals surface area contributed by atoms with Crippen molar-refractivity contribution < 1.29 is 19.1 Å². The minimum atomic E-state index is -0.728. The first-order valence-corrected chi connectivity index (χ1v) is 8.09. The van der Waals surface area contributed by atoms with Gasteiger partial charge in [0.05, 0.1) is 6.21 Å². The van der Waals surface area contributed by atoms with Crippen LogP contribution in [0, 0.1) is 6.92 Å². The first-order chi connectivity index (χ1) is 12.1. The summed E-state index contributed by atoms with van der Waals surface area (Å²) >= 11 is 0. The highest BCUT2D eigenvalue weighted by atomic mass is 16.6. The number of carbonyl (C=O) groups excluding carboxylic acids is 1. The Balaban J connectivity index is 1.56. The molecule has 2 aromatic rings. The van der Waals surface area contributed by atoms with Crippen LogP contribution in [0.1, 0.15) is 18.1 Å². The van der Waals surface area contributed by atoms with Gasteiger partial charge in [-0.1, -0.05) is 29.4 Å². The molecule has 1 heterocycles. The first kappa shape index (κ1) is 16.8. The summed E-state index contributed by atoms with van der Waals surface area (Å²) in [6, 6.07) is 13.1. The highest BCUT2D eigenvalue weighted by molar-refractivity contribution is 5.94. The average molecular weight is 340 g/mol. The predicted octanol–water partition coefficient (Wildman–Crippen LogP) is 3.14. The lowest BCUT2D eigenvalue weighted by atomic mass is 10.1. The van der Waals surface area contributed by atoms with Crippen molar-refractivity contribution in [1.82, 2.24) is 0 Å². The zero-order valence-corrected chi connectivity index (χ0v) is 14.2. The highest BCUT2D eigenvalue weighted by Gasteiger charge is 2.17. The summed E-state index contributed by atoms with van der Waals surface area (Å²) in [7, 11) is 0. The van der Waals surface area contributed by atoms with E-state index in [9.17, 15) is 4.79 Å². The van der Waals surface area contributed by atoms with Crippen LogP contribution in [-0.2, 0) is 9.63 Å². The van der Waals surface area contributed by atoms with Crippen LogP contribution in [0.5, 0.6) is 11.5 Å². The van der Waals surface area contributed by atoms with Gasteiger partial charge in [0.25, 0.3) is 5.91 Å². The van der Waals surface area contributed by atoms with Crippen molar-refractivity contribution in [2.75, 3.05) is 18.5 Å². The fourth-order valence-corrected chi connectivity index (χ4v) is 2.32. The number of rotatable bonds is 5. The Morgan fingerprint density at radius 3 is 2.76 bits per heavy atom. The van der Waals surface area contributed by atoms with Gasteiger partial charge in [0.15, 0.2) is 11.5 Å². The zero-order valence-electron chi connectivity index (χ0n) is 14.2. The normalized spacial score (nSPS) is 14.2. The number of hydrogen-bond acceptors (Lipinski definition) is 5. The molecule has 0 bridgehead atoms. The molecule has 6 heteroatoms. The van der Waals surface area contributed by atoms with Gasteiger partial charge >= 0.3 is 0 Å². The molecule has 0 saturated carbocycles. The van der Waals surface area contributed by atoms with E-state index in [1.807, 2.05) is 31.2 Å². The lowest BCUT2D eigenvalue weighted by Gasteiger charge is -2.19. The van der Waals surface area contributed by atoms with Crippen LogP contribution < -0.4 is 14.8 Å². The van der Waals surface area contributed by atoms with Gasteiger partial charge in [-0.3, -0.25) is 4.79 Å². The zero-order chi connectivity index (χ0) is 17.6. The molecule has 1 atom stereocenters. The van der Waals surface area contributed by atoms with E-state index < -0.39 is 6.10 Å². The van der Waals surface area contributed by atoms with Crippen molar-refractivity contribution in [2.45, 2.75) is 20.0 Å². The Morgan fingerprint density at radius 2 is 1.96 bits per heavy atom. The van der Waals surface area contributed by atoms with Gasteiger partial charge in [-0.05, 0) is 37.1 Å². The topological polar surface area (TPSA) is 69.2 Å². The molecule has 0 unspecified atom stereocenters. The summed E-state index contributed by atoms with van der Waals surface area (Å²) in [5, 5.41) is 6.68. The van der Waals surface area contributed by atoms with E-state index in [4.69, 9.17) is 14.3 Å². The van der Waals surface area contributed by atoms with Crippen LogP contribution in [0.2, 0.25) is 0 Å². The molecule has 25 heavy (non-hydrogen) atoms. The van der Waals surface area contributed by atoms with Gasteiger partial charge < -0.3 is 19.6 Å². The molecule has 1 aliphatic rings. The second-order valence-electron chi connectivity index (χ2n) is 5.69. The third-order valence-corrected chi connectivity index (χ3v) is 3.78. The summed E-state index contributed by atoms with van der Waals surface area (Å²) in [5.41, 5.74) is 2.65. The van der Waals surface area contributed by atoms with Gasteiger partial charge in [0.2, 0.25) is 6.10 Å². The average Bonchev–Trinajstić information content (AvgIpc) is 2.63. The summed E-state index contributed by atoms with van der Waals surface area (Å²) in [6.45, 7) is 4.65. The van der Waals surface area contributed by atoms with Gasteiger partial charge in [0, 0.05) is 11.8 Å². The van der Waals surface area contributed by atoms with E-state index in [1.54, 1.807) is 31.3 Å². The molecule has 1 amide bonds. The molecular weight excluding hydrogens is 320 g/mol. The summed E-state index contributed by atoms with van der Waals surface area (Å²) < 4.78 is 11.0. The number of aryl methyl sites for hydroxylation is 1. The summed E-state index contributed by atoms with van der Waals surface area (Å²) in [6.07, 6.45) is 0.872. The molecule has 0 saturated heterocycles. The SMILES string of the molecule is Cc1ccccc1/C=N\O[C@H](C)C(=O)Nc1ccc2c(c1)OCCO2. The molecule has 0 fully saturated rings. The standard InChI is InChI=1S/C19H20N2O4/c1-13-5-3-4-6-15(13)12-20-25-14(2)19(22)21-16-7-8-17-18(11-16)24-10-9-23-17/h3-8,11-12,14H,9-10H2,1-2H3,(H,21,22)/b20-12-/t14-/m1/s1. The van der Waals surface area contributed by atoms with Gasteiger partial charge in [-0.25, -0.2) is 0 Å². The maximum atomic E-state index is 12.2. The molecule has 0 spiro atoms. The van der Waals surface area contributed by atoms with Crippen molar-refractivity contribution in [1.29, 1.82) is 0 Å². The van der Waals surface area contributed by atoms with E-state index in [0.717, 1.165) is 11.1 Å². The monoisotopic (exact) mass is 340 g/mol. The van der Waals surface area contributed by atoms with Crippen LogP contribution in [0.3, 0.4) is 0 Å². The Bertz CT molecular complexity index is 789. The number of nitrogens with one attached hydrogen (secondary N) is 1. The summed E-state index contributed by atoms with van der Waals surface area (Å²) in [5.74, 6) is 1.00. The van der Waals surface area contributed by atoms with Crippen molar-refractivity contribution in [3.8, 4) is 11.5 Å².